The van der Waals surface area contributed by atoms with Crippen molar-refractivity contribution in [2.24, 2.45) is 0 Å². The molecule has 0 bridgehead atoms. The summed E-state index contributed by atoms with van der Waals surface area (Å²) in [5.41, 5.74) is 3.76. The standard InChI is InChI=1S/C26H33N5O4/c1-4-30-22-16-20(28-25(33)27-19-13-9-8-12-18(19)24(32)35-6-3)21(29-14-10-7-11-15-29)17-23(22)31(5-2)26(30)34/h8-9,12-13,16-17H,4-7,10-11,14-15H2,1-3H3,(H2,27,28,33). The zero-order chi connectivity index (χ0) is 24.9. The molecule has 0 atom stereocenters. The molecule has 0 spiro atoms. The number of urea groups is 1. The number of carbonyl (C=O) groups excluding carboxylic acids is 2. The van der Waals surface area contributed by atoms with Gasteiger partial charge in [0.1, 0.15) is 0 Å². The molecule has 1 aliphatic rings. The van der Waals surface area contributed by atoms with Gasteiger partial charge in [-0.3, -0.25) is 9.13 Å². The number of hydrogen-bond acceptors (Lipinski definition) is 5. The third-order valence-electron chi connectivity index (χ3n) is 6.38. The lowest BCUT2D eigenvalue weighted by molar-refractivity contribution is 0.0527. The van der Waals surface area contributed by atoms with Crippen molar-refractivity contribution in [3.63, 3.8) is 0 Å². The lowest BCUT2D eigenvalue weighted by Gasteiger charge is -2.31. The Morgan fingerprint density at radius 2 is 1.51 bits per heavy atom. The monoisotopic (exact) mass is 479 g/mol. The van der Waals surface area contributed by atoms with Crippen molar-refractivity contribution in [3.05, 3.63) is 52.4 Å². The Hall–Kier alpha value is -3.75. The van der Waals surface area contributed by atoms with Gasteiger partial charge in [0.25, 0.3) is 0 Å². The molecule has 2 aromatic carbocycles. The first kappa shape index (κ1) is 24.4. The van der Waals surface area contributed by atoms with Crippen molar-refractivity contribution in [2.45, 2.75) is 53.1 Å². The number of hydrogen-bond donors (Lipinski definition) is 2. The van der Waals surface area contributed by atoms with Gasteiger partial charge in [0, 0.05) is 26.2 Å². The molecule has 1 aliphatic heterocycles. The summed E-state index contributed by atoms with van der Waals surface area (Å²) in [5.74, 6) is -0.494. The molecule has 2 N–H and O–H groups in total. The fourth-order valence-corrected chi connectivity index (χ4v) is 4.71. The highest BCUT2D eigenvalue weighted by Gasteiger charge is 2.21. The normalized spacial score (nSPS) is 13.6. The van der Waals surface area contributed by atoms with Crippen LogP contribution in [-0.4, -0.2) is 40.8 Å². The SMILES string of the molecule is CCOC(=O)c1ccccc1NC(=O)Nc1cc2c(cc1N1CCCCC1)n(CC)c(=O)n2CC. The number of amides is 2. The van der Waals surface area contributed by atoms with Gasteiger partial charge in [-0.05, 0) is 64.3 Å². The van der Waals surface area contributed by atoms with Crippen molar-refractivity contribution < 1.29 is 14.3 Å². The number of imidazole rings is 1. The molecule has 35 heavy (non-hydrogen) atoms. The number of nitrogens with one attached hydrogen (secondary N) is 2. The van der Waals surface area contributed by atoms with Crippen molar-refractivity contribution >= 4 is 40.1 Å². The Kier molecular flexibility index (Phi) is 7.43. The van der Waals surface area contributed by atoms with Gasteiger partial charge in [-0.2, -0.15) is 0 Å². The van der Waals surface area contributed by atoms with Crippen LogP contribution in [0, 0.1) is 0 Å². The Morgan fingerprint density at radius 3 is 2.17 bits per heavy atom. The van der Waals surface area contributed by atoms with Crippen LogP contribution < -0.4 is 21.2 Å². The molecular weight excluding hydrogens is 446 g/mol. The molecule has 0 aliphatic carbocycles. The fraction of sp³-hybridized carbons (Fsp3) is 0.423. The molecule has 4 rings (SSSR count). The maximum Gasteiger partial charge on any atom is 0.340 e. The molecule has 9 nitrogen and oxygen atoms in total. The quantitative estimate of drug-likeness (QED) is 0.481. The number of aromatic nitrogens is 2. The third-order valence-corrected chi connectivity index (χ3v) is 6.38. The summed E-state index contributed by atoms with van der Waals surface area (Å²) in [6, 6.07) is 10.2. The average molecular weight is 480 g/mol. The van der Waals surface area contributed by atoms with Crippen LogP contribution in [-0.2, 0) is 17.8 Å². The first-order valence-corrected chi connectivity index (χ1v) is 12.3. The van der Waals surface area contributed by atoms with Crippen LogP contribution in [0.2, 0.25) is 0 Å². The second-order valence-corrected chi connectivity index (χ2v) is 8.52. The van der Waals surface area contributed by atoms with Crippen LogP contribution in [0.25, 0.3) is 11.0 Å². The van der Waals surface area contributed by atoms with Crippen molar-refractivity contribution in [2.75, 3.05) is 35.2 Å². The second-order valence-electron chi connectivity index (χ2n) is 8.52. The highest BCUT2D eigenvalue weighted by atomic mass is 16.5. The van der Waals surface area contributed by atoms with Crippen molar-refractivity contribution in [1.29, 1.82) is 0 Å². The summed E-state index contributed by atoms with van der Waals surface area (Å²) >= 11 is 0. The van der Waals surface area contributed by atoms with Crippen LogP contribution in [0.1, 0.15) is 50.4 Å². The zero-order valence-electron chi connectivity index (χ0n) is 20.6. The lowest BCUT2D eigenvalue weighted by atomic mass is 10.1. The number of aryl methyl sites for hydroxylation is 2. The molecule has 1 saturated heterocycles. The van der Waals surface area contributed by atoms with Gasteiger partial charge in [0.2, 0.25) is 0 Å². The van der Waals surface area contributed by atoms with E-state index in [0.29, 0.717) is 24.5 Å². The topological polar surface area (TPSA) is 97.6 Å². The Morgan fingerprint density at radius 1 is 0.886 bits per heavy atom. The van der Waals surface area contributed by atoms with E-state index in [1.807, 2.05) is 26.0 Å². The molecule has 1 aromatic heterocycles. The van der Waals surface area contributed by atoms with E-state index < -0.39 is 12.0 Å². The predicted molar refractivity (Wildman–Crippen MR) is 139 cm³/mol. The zero-order valence-corrected chi connectivity index (χ0v) is 20.6. The van der Waals surface area contributed by atoms with Crippen molar-refractivity contribution in [1.82, 2.24) is 9.13 Å². The number of anilines is 3. The summed E-state index contributed by atoms with van der Waals surface area (Å²) in [6.07, 6.45) is 3.33. The summed E-state index contributed by atoms with van der Waals surface area (Å²) in [7, 11) is 0. The Bertz CT molecular complexity index is 1290. The molecule has 2 amide bonds. The van der Waals surface area contributed by atoms with E-state index in [2.05, 4.69) is 15.5 Å². The summed E-state index contributed by atoms with van der Waals surface area (Å²) < 4.78 is 8.60. The molecular formula is C26H33N5O4. The summed E-state index contributed by atoms with van der Waals surface area (Å²) in [5, 5.41) is 5.77. The average Bonchev–Trinajstić information content (AvgIpc) is 3.13. The van der Waals surface area contributed by atoms with Gasteiger partial charge in [-0.15, -0.1) is 0 Å². The minimum absolute atomic E-state index is 0.0560. The van der Waals surface area contributed by atoms with Crippen LogP contribution in [0.4, 0.5) is 21.9 Å². The molecule has 0 radical (unpaired) electrons. The summed E-state index contributed by atoms with van der Waals surface area (Å²) in [4.78, 5) is 40.6. The third kappa shape index (κ3) is 4.89. The van der Waals surface area contributed by atoms with Crippen LogP contribution in [0.3, 0.4) is 0 Å². The largest absolute Gasteiger partial charge is 0.462 e. The van der Waals surface area contributed by atoms with Crippen LogP contribution in [0.5, 0.6) is 0 Å². The number of benzene rings is 2. The van der Waals surface area contributed by atoms with E-state index in [4.69, 9.17) is 4.74 Å². The van der Waals surface area contributed by atoms with E-state index in [9.17, 15) is 14.4 Å². The Labute approximate surface area is 204 Å². The highest BCUT2D eigenvalue weighted by molar-refractivity contribution is 6.07. The number of carbonyl (C=O) groups is 2. The van der Waals surface area contributed by atoms with E-state index in [-0.39, 0.29) is 17.9 Å². The number of para-hydroxylation sites is 1. The molecule has 1 fully saturated rings. The fourth-order valence-electron chi connectivity index (χ4n) is 4.71. The smallest absolute Gasteiger partial charge is 0.340 e. The highest BCUT2D eigenvalue weighted by Crippen LogP contribution is 2.33. The Balaban J connectivity index is 1.72. The van der Waals surface area contributed by atoms with Gasteiger partial charge in [0.05, 0.1) is 40.3 Å². The number of piperidine rings is 1. The minimum Gasteiger partial charge on any atom is -0.462 e. The van der Waals surface area contributed by atoms with E-state index in [0.717, 1.165) is 42.7 Å². The molecule has 2 heterocycles. The second kappa shape index (κ2) is 10.7. The number of ether oxygens (including phenoxy) is 1. The van der Waals surface area contributed by atoms with E-state index in [1.165, 1.54) is 6.42 Å². The molecule has 186 valence electrons. The predicted octanol–water partition coefficient (Wildman–Crippen LogP) is 4.65. The maximum atomic E-state index is 13.1. The first-order valence-electron chi connectivity index (χ1n) is 12.3. The van der Waals surface area contributed by atoms with Gasteiger partial charge < -0.3 is 20.3 Å². The van der Waals surface area contributed by atoms with Gasteiger partial charge in [-0.1, -0.05) is 12.1 Å². The number of nitrogens with zero attached hydrogens (tertiary/aromatic N) is 3. The van der Waals surface area contributed by atoms with Crippen LogP contribution in [0.15, 0.2) is 41.2 Å². The molecule has 3 aromatic rings. The number of rotatable bonds is 7. The van der Waals surface area contributed by atoms with Crippen LogP contribution >= 0.6 is 0 Å². The number of fused-ring (bicyclic) bond motifs is 1. The van der Waals surface area contributed by atoms with Gasteiger partial charge >= 0.3 is 17.7 Å². The lowest BCUT2D eigenvalue weighted by Crippen LogP contribution is -2.31. The molecule has 0 saturated carbocycles. The molecule has 0 unspecified atom stereocenters. The minimum atomic E-state index is -0.494. The maximum absolute atomic E-state index is 13.1. The molecule has 9 heteroatoms. The summed E-state index contributed by atoms with van der Waals surface area (Å²) in [6.45, 7) is 8.75. The van der Waals surface area contributed by atoms with Crippen molar-refractivity contribution in [3.8, 4) is 0 Å². The van der Waals surface area contributed by atoms with Gasteiger partial charge in [0.15, 0.2) is 0 Å². The first-order chi connectivity index (χ1) is 17.0. The van der Waals surface area contributed by atoms with E-state index >= 15 is 0 Å². The van der Waals surface area contributed by atoms with Gasteiger partial charge in [-0.25, -0.2) is 14.4 Å². The van der Waals surface area contributed by atoms with E-state index in [1.54, 1.807) is 40.3 Å². The number of esters is 1.